The van der Waals surface area contributed by atoms with Crippen LogP contribution in [-0.2, 0) is 6.42 Å². The predicted molar refractivity (Wildman–Crippen MR) is 93.4 cm³/mol. The number of hydrogen-bond donors (Lipinski definition) is 1. The van der Waals surface area contributed by atoms with Crippen molar-refractivity contribution in [3.05, 3.63) is 33.8 Å². The standard InChI is InChI=1S/C18H27Cl2N/c1-18(2,3)21-12-15-7-5-4-6-13(15)10-14-8-9-16(19)11-17(14)20/h8-9,11,13,15,21H,4-7,10,12H2,1-3H3. The molecule has 3 heteroatoms. The molecule has 1 aromatic rings. The molecule has 0 saturated heterocycles. The Kier molecular flexibility index (Phi) is 5.99. The molecule has 0 heterocycles. The van der Waals surface area contributed by atoms with Gasteiger partial charge in [0, 0.05) is 15.6 Å². The van der Waals surface area contributed by atoms with E-state index < -0.39 is 0 Å². The topological polar surface area (TPSA) is 12.0 Å². The van der Waals surface area contributed by atoms with Gasteiger partial charge in [0.1, 0.15) is 0 Å². The molecule has 0 aromatic heterocycles. The van der Waals surface area contributed by atoms with Crippen LogP contribution in [0, 0.1) is 11.8 Å². The lowest BCUT2D eigenvalue weighted by molar-refractivity contribution is 0.213. The quantitative estimate of drug-likeness (QED) is 0.744. The summed E-state index contributed by atoms with van der Waals surface area (Å²) in [6, 6.07) is 5.91. The first-order valence-corrected chi connectivity index (χ1v) is 8.80. The van der Waals surface area contributed by atoms with E-state index in [1.54, 1.807) is 0 Å². The summed E-state index contributed by atoms with van der Waals surface area (Å²) >= 11 is 12.3. The van der Waals surface area contributed by atoms with Crippen LogP contribution in [0.1, 0.15) is 52.0 Å². The van der Waals surface area contributed by atoms with Crippen LogP contribution >= 0.6 is 23.2 Å². The highest BCUT2D eigenvalue weighted by atomic mass is 35.5. The van der Waals surface area contributed by atoms with E-state index in [-0.39, 0.29) is 5.54 Å². The fourth-order valence-electron chi connectivity index (χ4n) is 3.23. The molecule has 0 amide bonds. The van der Waals surface area contributed by atoms with Crippen LogP contribution in [-0.4, -0.2) is 12.1 Å². The zero-order chi connectivity index (χ0) is 15.5. The molecule has 2 unspecified atom stereocenters. The van der Waals surface area contributed by atoms with E-state index in [0.717, 1.165) is 34.8 Å². The van der Waals surface area contributed by atoms with E-state index >= 15 is 0 Å². The molecule has 1 nitrogen and oxygen atoms in total. The van der Waals surface area contributed by atoms with Gasteiger partial charge in [-0.15, -0.1) is 0 Å². The Balaban J connectivity index is 2.01. The maximum absolute atomic E-state index is 6.35. The Bertz CT molecular complexity index is 465. The third kappa shape index (κ3) is 5.47. The molecule has 0 aliphatic heterocycles. The fraction of sp³-hybridized carbons (Fsp3) is 0.667. The second-order valence-corrected chi connectivity index (χ2v) is 8.22. The van der Waals surface area contributed by atoms with Crippen molar-refractivity contribution in [1.29, 1.82) is 0 Å². The van der Waals surface area contributed by atoms with Gasteiger partial charge in [0.2, 0.25) is 0 Å². The number of halogens is 2. The molecule has 2 rings (SSSR count). The maximum atomic E-state index is 6.35. The van der Waals surface area contributed by atoms with E-state index in [2.05, 4.69) is 32.2 Å². The van der Waals surface area contributed by atoms with Crippen LogP contribution in [0.4, 0.5) is 0 Å². The van der Waals surface area contributed by atoms with E-state index in [0.29, 0.717) is 0 Å². The summed E-state index contributed by atoms with van der Waals surface area (Å²) in [6.07, 6.45) is 6.43. The van der Waals surface area contributed by atoms with Crippen molar-refractivity contribution in [2.24, 2.45) is 11.8 Å². The molecule has 1 aliphatic rings. The summed E-state index contributed by atoms with van der Waals surface area (Å²) in [5.41, 5.74) is 1.44. The van der Waals surface area contributed by atoms with Crippen molar-refractivity contribution in [2.75, 3.05) is 6.54 Å². The lowest BCUT2D eigenvalue weighted by Crippen LogP contribution is -2.41. The monoisotopic (exact) mass is 327 g/mol. The number of hydrogen-bond acceptors (Lipinski definition) is 1. The minimum Gasteiger partial charge on any atom is -0.312 e. The minimum atomic E-state index is 0.194. The van der Waals surface area contributed by atoms with Gasteiger partial charge in [0.15, 0.2) is 0 Å². The smallest absolute Gasteiger partial charge is 0.0452 e. The summed E-state index contributed by atoms with van der Waals surface area (Å²) in [6.45, 7) is 7.82. The SMILES string of the molecule is CC(C)(C)NCC1CCCCC1Cc1ccc(Cl)cc1Cl. The summed E-state index contributed by atoms with van der Waals surface area (Å²) in [4.78, 5) is 0. The second-order valence-electron chi connectivity index (χ2n) is 7.38. The second kappa shape index (κ2) is 7.35. The van der Waals surface area contributed by atoms with Gasteiger partial charge < -0.3 is 5.32 Å². The van der Waals surface area contributed by atoms with Crippen LogP contribution < -0.4 is 5.32 Å². The third-order valence-electron chi connectivity index (χ3n) is 4.46. The molecular weight excluding hydrogens is 301 g/mol. The van der Waals surface area contributed by atoms with Crippen LogP contribution in [0.15, 0.2) is 18.2 Å². The van der Waals surface area contributed by atoms with Crippen LogP contribution in [0.2, 0.25) is 10.0 Å². The molecular formula is C18H27Cl2N. The molecule has 0 bridgehead atoms. The van der Waals surface area contributed by atoms with E-state index in [1.807, 2.05) is 12.1 Å². The van der Waals surface area contributed by atoms with Gasteiger partial charge >= 0.3 is 0 Å². The Morgan fingerprint density at radius 2 is 1.76 bits per heavy atom. The lowest BCUT2D eigenvalue weighted by Gasteiger charge is -2.34. The summed E-state index contributed by atoms with van der Waals surface area (Å²) in [7, 11) is 0. The van der Waals surface area contributed by atoms with E-state index in [4.69, 9.17) is 23.2 Å². The van der Waals surface area contributed by atoms with Crippen molar-refractivity contribution < 1.29 is 0 Å². The van der Waals surface area contributed by atoms with E-state index in [9.17, 15) is 0 Å². The molecule has 0 radical (unpaired) electrons. The van der Waals surface area contributed by atoms with Gasteiger partial charge in [-0.2, -0.15) is 0 Å². The zero-order valence-electron chi connectivity index (χ0n) is 13.4. The first-order valence-electron chi connectivity index (χ1n) is 8.04. The molecule has 1 fully saturated rings. The fourth-order valence-corrected chi connectivity index (χ4v) is 3.71. The molecule has 2 atom stereocenters. The van der Waals surface area contributed by atoms with Gasteiger partial charge in [0.05, 0.1) is 0 Å². The molecule has 21 heavy (non-hydrogen) atoms. The van der Waals surface area contributed by atoms with Crippen LogP contribution in [0.5, 0.6) is 0 Å². The van der Waals surface area contributed by atoms with Crippen molar-refractivity contribution in [1.82, 2.24) is 5.32 Å². The Morgan fingerprint density at radius 3 is 2.38 bits per heavy atom. The highest BCUT2D eigenvalue weighted by molar-refractivity contribution is 6.35. The normalized spacial score (nSPS) is 23.3. The largest absolute Gasteiger partial charge is 0.312 e. The Labute approximate surface area is 139 Å². The summed E-state index contributed by atoms with van der Waals surface area (Å²) in [5, 5.41) is 5.21. The van der Waals surface area contributed by atoms with Gasteiger partial charge in [-0.1, -0.05) is 42.1 Å². The molecule has 1 N–H and O–H groups in total. The van der Waals surface area contributed by atoms with E-state index in [1.165, 1.54) is 31.2 Å². The zero-order valence-corrected chi connectivity index (χ0v) is 14.9. The average molecular weight is 328 g/mol. The van der Waals surface area contributed by atoms with Crippen molar-refractivity contribution in [3.8, 4) is 0 Å². The maximum Gasteiger partial charge on any atom is 0.0452 e. The van der Waals surface area contributed by atoms with Gasteiger partial charge in [0.25, 0.3) is 0 Å². The van der Waals surface area contributed by atoms with Gasteiger partial charge in [-0.05, 0) is 76.1 Å². The highest BCUT2D eigenvalue weighted by Crippen LogP contribution is 2.34. The van der Waals surface area contributed by atoms with Gasteiger partial charge in [-0.3, -0.25) is 0 Å². The van der Waals surface area contributed by atoms with Gasteiger partial charge in [-0.25, -0.2) is 0 Å². The van der Waals surface area contributed by atoms with Crippen molar-refractivity contribution in [2.45, 2.75) is 58.4 Å². The minimum absolute atomic E-state index is 0.194. The summed E-state index contributed by atoms with van der Waals surface area (Å²) < 4.78 is 0. The molecule has 1 aliphatic carbocycles. The van der Waals surface area contributed by atoms with Crippen LogP contribution in [0.3, 0.4) is 0 Å². The molecule has 1 saturated carbocycles. The first-order chi connectivity index (χ1) is 9.85. The Hall–Kier alpha value is -0.240. The predicted octanol–water partition coefficient (Wildman–Crippen LogP) is 5.73. The molecule has 1 aromatic carbocycles. The van der Waals surface area contributed by atoms with Crippen molar-refractivity contribution in [3.63, 3.8) is 0 Å². The highest BCUT2D eigenvalue weighted by Gasteiger charge is 2.26. The lowest BCUT2D eigenvalue weighted by atomic mass is 9.76. The summed E-state index contributed by atoms with van der Waals surface area (Å²) in [5.74, 6) is 1.48. The number of rotatable bonds is 4. The van der Waals surface area contributed by atoms with Crippen LogP contribution in [0.25, 0.3) is 0 Å². The number of benzene rings is 1. The number of nitrogens with one attached hydrogen (secondary N) is 1. The third-order valence-corrected chi connectivity index (χ3v) is 5.05. The Morgan fingerprint density at radius 1 is 1.10 bits per heavy atom. The molecule has 0 spiro atoms. The average Bonchev–Trinajstić information content (AvgIpc) is 2.40. The first kappa shape index (κ1) is 17.1. The molecule has 118 valence electrons. The van der Waals surface area contributed by atoms with Crippen molar-refractivity contribution >= 4 is 23.2 Å².